The Bertz CT molecular complexity index is 514. The topological polar surface area (TPSA) is 43.8 Å². The molecule has 0 saturated heterocycles. The van der Waals surface area contributed by atoms with Crippen LogP contribution in [0.1, 0.15) is 19.5 Å². The fourth-order valence-corrected chi connectivity index (χ4v) is 1.99. The number of nitrogens with zero attached hydrogens (tertiary/aromatic N) is 2. The summed E-state index contributed by atoms with van der Waals surface area (Å²) in [7, 11) is 0. The highest BCUT2D eigenvalue weighted by molar-refractivity contribution is 5.60. The van der Waals surface area contributed by atoms with Crippen LogP contribution in [-0.2, 0) is 13.0 Å². The fraction of sp³-hybridized carbons (Fsp3) is 0.357. The van der Waals surface area contributed by atoms with Crippen LogP contribution in [0.3, 0.4) is 0 Å². The van der Waals surface area contributed by atoms with E-state index in [1.807, 2.05) is 24.6 Å². The first-order valence-electron chi connectivity index (χ1n) is 6.18. The molecule has 0 bridgehead atoms. The van der Waals surface area contributed by atoms with Crippen LogP contribution in [0.25, 0.3) is 11.3 Å². The summed E-state index contributed by atoms with van der Waals surface area (Å²) in [5, 5.41) is 4.51. The quantitative estimate of drug-likeness (QED) is 0.902. The van der Waals surface area contributed by atoms with Gasteiger partial charge in [-0.2, -0.15) is 5.10 Å². The van der Waals surface area contributed by atoms with Crippen LogP contribution >= 0.6 is 0 Å². The van der Waals surface area contributed by atoms with Crippen LogP contribution < -0.4 is 5.73 Å². The van der Waals surface area contributed by atoms with Crippen LogP contribution in [0.4, 0.5) is 4.39 Å². The number of hydrogen-bond donors (Lipinski definition) is 1. The minimum Gasteiger partial charge on any atom is -0.328 e. The largest absolute Gasteiger partial charge is 0.328 e. The van der Waals surface area contributed by atoms with Gasteiger partial charge in [-0.1, -0.05) is 0 Å². The monoisotopic (exact) mass is 247 g/mol. The van der Waals surface area contributed by atoms with Gasteiger partial charge in [0.2, 0.25) is 0 Å². The third kappa shape index (κ3) is 2.76. The third-order valence-electron chi connectivity index (χ3n) is 2.80. The van der Waals surface area contributed by atoms with Crippen LogP contribution in [0.2, 0.25) is 0 Å². The average Bonchev–Trinajstić information content (AvgIpc) is 2.72. The van der Waals surface area contributed by atoms with E-state index in [0.717, 1.165) is 29.9 Å². The Morgan fingerprint density at radius 3 is 2.56 bits per heavy atom. The molecule has 0 amide bonds. The maximum Gasteiger partial charge on any atom is 0.123 e. The van der Waals surface area contributed by atoms with Crippen molar-refractivity contribution in [3.8, 4) is 11.3 Å². The second kappa shape index (κ2) is 5.31. The molecule has 0 radical (unpaired) electrons. The van der Waals surface area contributed by atoms with Gasteiger partial charge in [0.15, 0.2) is 0 Å². The van der Waals surface area contributed by atoms with E-state index in [4.69, 9.17) is 5.73 Å². The molecular formula is C14H18FN3. The highest BCUT2D eigenvalue weighted by Gasteiger charge is 2.10. The number of rotatable bonds is 4. The molecule has 3 nitrogen and oxygen atoms in total. The SMILES string of the molecule is CCn1nc(CC(C)N)cc1-c1ccc(F)cc1. The summed E-state index contributed by atoms with van der Waals surface area (Å²) in [5.74, 6) is -0.225. The zero-order valence-electron chi connectivity index (χ0n) is 10.7. The summed E-state index contributed by atoms with van der Waals surface area (Å²) >= 11 is 0. The minimum absolute atomic E-state index is 0.0891. The number of halogens is 1. The molecule has 0 spiro atoms. The zero-order valence-corrected chi connectivity index (χ0v) is 10.7. The molecule has 0 aliphatic rings. The van der Waals surface area contributed by atoms with Crippen molar-refractivity contribution < 1.29 is 4.39 Å². The van der Waals surface area contributed by atoms with Crippen molar-refractivity contribution in [3.63, 3.8) is 0 Å². The van der Waals surface area contributed by atoms with Crippen molar-refractivity contribution in [3.05, 3.63) is 41.8 Å². The standard InChI is InChI=1S/C14H18FN3/c1-3-18-14(9-13(17-18)8-10(2)16)11-4-6-12(15)7-5-11/h4-7,9-10H,3,8,16H2,1-2H3. The highest BCUT2D eigenvalue weighted by atomic mass is 19.1. The third-order valence-corrected chi connectivity index (χ3v) is 2.80. The number of aryl methyl sites for hydroxylation is 1. The van der Waals surface area contributed by atoms with Crippen molar-refractivity contribution in [2.24, 2.45) is 5.73 Å². The molecule has 1 aromatic carbocycles. The van der Waals surface area contributed by atoms with E-state index in [1.165, 1.54) is 12.1 Å². The van der Waals surface area contributed by atoms with Gasteiger partial charge in [0.1, 0.15) is 5.82 Å². The molecular weight excluding hydrogens is 229 g/mol. The first-order valence-corrected chi connectivity index (χ1v) is 6.18. The number of benzene rings is 1. The van der Waals surface area contributed by atoms with E-state index in [-0.39, 0.29) is 11.9 Å². The predicted molar refractivity (Wildman–Crippen MR) is 70.6 cm³/mol. The lowest BCUT2D eigenvalue weighted by molar-refractivity contribution is 0.626. The van der Waals surface area contributed by atoms with Gasteiger partial charge in [-0.25, -0.2) is 4.39 Å². The maximum absolute atomic E-state index is 12.9. The molecule has 0 aliphatic heterocycles. The Labute approximate surface area is 106 Å². The van der Waals surface area contributed by atoms with Gasteiger partial charge in [0.25, 0.3) is 0 Å². The molecule has 18 heavy (non-hydrogen) atoms. The smallest absolute Gasteiger partial charge is 0.123 e. The van der Waals surface area contributed by atoms with E-state index < -0.39 is 0 Å². The van der Waals surface area contributed by atoms with E-state index in [0.29, 0.717) is 0 Å². The number of aromatic nitrogens is 2. The second-order valence-corrected chi connectivity index (χ2v) is 4.52. The van der Waals surface area contributed by atoms with Crippen molar-refractivity contribution in [2.45, 2.75) is 32.9 Å². The highest BCUT2D eigenvalue weighted by Crippen LogP contribution is 2.21. The molecule has 1 aromatic heterocycles. The molecule has 96 valence electrons. The summed E-state index contributed by atoms with van der Waals surface area (Å²) in [5.41, 5.74) is 8.74. The molecule has 1 atom stereocenters. The van der Waals surface area contributed by atoms with E-state index in [1.54, 1.807) is 12.1 Å². The van der Waals surface area contributed by atoms with Gasteiger partial charge in [-0.3, -0.25) is 4.68 Å². The van der Waals surface area contributed by atoms with Crippen molar-refractivity contribution in [2.75, 3.05) is 0 Å². The van der Waals surface area contributed by atoms with E-state index >= 15 is 0 Å². The van der Waals surface area contributed by atoms with Gasteiger partial charge < -0.3 is 5.73 Å². The Kier molecular flexibility index (Phi) is 3.77. The maximum atomic E-state index is 12.9. The lowest BCUT2D eigenvalue weighted by Gasteiger charge is -2.04. The lowest BCUT2D eigenvalue weighted by atomic mass is 10.1. The van der Waals surface area contributed by atoms with E-state index in [9.17, 15) is 4.39 Å². The Morgan fingerprint density at radius 1 is 1.33 bits per heavy atom. The summed E-state index contributed by atoms with van der Waals surface area (Å²) < 4.78 is 14.8. The first-order chi connectivity index (χ1) is 8.60. The van der Waals surface area contributed by atoms with Crippen LogP contribution in [0.5, 0.6) is 0 Å². The van der Waals surface area contributed by atoms with Crippen molar-refractivity contribution in [1.29, 1.82) is 0 Å². The van der Waals surface area contributed by atoms with Crippen molar-refractivity contribution in [1.82, 2.24) is 9.78 Å². The zero-order chi connectivity index (χ0) is 13.1. The van der Waals surface area contributed by atoms with Crippen LogP contribution in [0, 0.1) is 5.82 Å². The Hall–Kier alpha value is -1.68. The summed E-state index contributed by atoms with van der Waals surface area (Å²) in [6.07, 6.45) is 0.751. The Morgan fingerprint density at radius 2 is 2.00 bits per heavy atom. The molecule has 0 aliphatic carbocycles. The molecule has 0 saturated carbocycles. The van der Waals surface area contributed by atoms with Crippen molar-refractivity contribution >= 4 is 0 Å². The van der Waals surface area contributed by atoms with Crippen LogP contribution in [-0.4, -0.2) is 15.8 Å². The van der Waals surface area contributed by atoms with Crippen LogP contribution in [0.15, 0.2) is 30.3 Å². The molecule has 2 N–H and O–H groups in total. The molecule has 4 heteroatoms. The summed E-state index contributed by atoms with van der Waals surface area (Å²) in [6, 6.07) is 8.59. The Balaban J connectivity index is 2.36. The number of nitrogens with two attached hydrogens (primary N) is 1. The summed E-state index contributed by atoms with van der Waals surface area (Å²) in [4.78, 5) is 0. The minimum atomic E-state index is -0.225. The van der Waals surface area contributed by atoms with Gasteiger partial charge in [0.05, 0.1) is 11.4 Å². The second-order valence-electron chi connectivity index (χ2n) is 4.52. The van der Waals surface area contributed by atoms with Gasteiger partial charge >= 0.3 is 0 Å². The lowest BCUT2D eigenvalue weighted by Crippen LogP contribution is -2.18. The van der Waals surface area contributed by atoms with Gasteiger partial charge in [-0.15, -0.1) is 0 Å². The average molecular weight is 247 g/mol. The van der Waals surface area contributed by atoms with E-state index in [2.05, 4.69) is 5.10 Å². The molecule has 2 aromatic rings. The first kappa shape index (κ1) is 12.8. The summed E-state index contributed by atoms with van der Waals surface area (Å²) in [6.45, 7) is 4.78. The normalized spacial score (nSPS) is 12.7. The molecule has 1 unspecified atom stereocenters. The fourth-order valence-electron chi connectivity index (χ4n) is 1.99. The molecule has 2 rings (SSSR count). The van der Waals surface area contributed by atoms with Gasteiger partial charge in [0, 0.05) is 19.0 Å². The molecule has 0 fully saturated rings. The molecule has 1 heterocycles. The number of hydrogen-bond acceptors (Lipinski definition) is 2. The van der Waals surface area contributed by atoms with Gasteiger partial charge in [-0.05, 0) is 49.7 Å². The predicted octanol–water partition coefficient (Wildman–Crippen LogP) is 2.60.